The van der Waals surface area contributed by atoms with E-state index in [1.54, 1.807) is 12.1 Å². The zero-order valence-corrected chi connectivity index (χ0v) is 11.7. The molecule has 0 radical (unpaired) electrons. The van der Waals surface area contributed by atoms with Gasteiger partial charge in [-0.1, -0.05) is 0 Å². The fourth-order valence-electron chi connectivity index (χ4n) is 2.04. The molecule has 0 saturated heterocycles. The van der Waals surface area contributed by atoms with Gasteiger partial charge in [-0.15, -0.1) is 0 Å². The standard InChI is InChI=1S/C15H10O6.ClH/c16-8-3-1-7(2-4-8)15-11(18)5-9-12(21-15)6-10(17)14(20)13(9)19;/h1-6H,(H4-,16,17,18,19,20);1H. The molecule has 0 atom stereocenters. The molecular weight excluding hydrogens is 312 g/mol. The van der Waals surface area contributed by atoms with Gasteiger partial charge in [0.05, 0.1) is 11.6 Å². The molecule has 0 aliphatic heterocycles. The average Bonchev–Trinajstić information content (AvgIpc) is 2.47. The Balaban J connectivity index is 0.00000176. The molecule has 0 bridgehead atoms. The number of hydrogen-bond acceptors (Lipinski definition) is 5. The Morgan fingerprint density at radius 1 is 0.727 bits per heavy atom. The van der Waals surface area contributed by atoms with Gasteiger partial charge in [-0.05, 0) is 24.3 Å². The third-order valence-electron chi connectivity index (χ3n) is 3.11. The summed E-state index contributed by atoms with van der Waals surface area (Å²) in [6.07, 6.45) is 0. The Bertz CT molecular complexity index is 845. The summed E-state index contributed by atoms with van der Waals surface area (Å²) in [5.74, 6) is -1.89. The van der Waals surface area contributed by atoms with Crippen molar-refractivity contribution < 1.29 is 42.4 Å². The molecular formula is C15H11ClO6. The molecule has 3 rings (SSSR count). The number of phenolic OH excluding ortho intramolecular Hbond substituents is 4. The summed E-state index contributed by atoms with van der Waals surface area (Å²) in [6, 6.07) is 8.30. The predicted molar refractivity (Wildman–Crippen MR) is 74.4 cm³/mol. The molecule has 6 nitrogen and oxygen atoms in total. The Labute approximate surface area is 130 Å². The van der Waals surface area contributed by atoms with Crippen molar-refractivity contribution in [1.29, 1.82) is 0 Å². The molecule has 0 amide bonds. The number of benzene rings is 2. The molecule has 114 valence electrons. The lowest BCUT2D eigenvalue weighted by Crippen LogP contribution is -3.00. The highest BCUT2D eigenvalue weighted by Gasteiger charge is 2.25. The molecule has 2 aromatic carbocycles. The van der Waals surface area contributed by atoms with E-state index in [0.717, 1.165) is 6.07 Å². The Morgan fingerprint density at radius 3 is 2.00 bits per heavy atom. The lowest BCUT2D eigenvalue weighted by atomic mass is 10.1. The van der Waals surface area contributed by atoms with Crippen molar-refractivity contribution in [2.75, 3.05) is 0 Å². The lowest BCUT2D eigenvalue weighted by Gasteiger charge is -2.02. The smallest absolute Gasteiger partial charge is 0.401 e. The fourth-order valence-corrected chi connectivity index (χ4v) is 2.04. The van der Waals surface area contributed by atoms with Crippen molar-refractivity contribution in [1.82, 2.24) is 0 Å². The van der Waals surface area contributed by atoms with Crippen LogP contribution in [0.2, 0.25) is 0 Å². The van der Waals surface area contributed by atoms with Gasteiger partial charge in [-0.25, -0.2) is 4.42 Å². The van der Waals surface area contributed by atoms with Crippen LogP contribution in [0.15, 0.2) is 40.8 Å². The van der Waals surface area contributed by atoms with Gasteiger partial charge in [0.2, 0.25) is 11.5 Å². The maximum absolute atomic E-state index is 10.0. The maximum atomic E-state index is 10.0. The number of phenols is 4. The first-order valence-corrected chi connectivity index (χ1v) is 6.00. The minimum Gasteiger partial charge on any atom is -1.00 e. The van der Waals surface area contributed by atoms with Crippen LogP contribution in [0.4, 0.5) is 0 Å². The van der Waals surface area contributed by atoms with E-state index in [2.05, 4.69) is 0 Å². The Kier molecular flexibility index (Phi) is 3.88. The van der Waals surface area contributed by atoms with Crippen LogP contribution >= 0.6 is 0 Å². The van der Waals surface area contributed by atoms with Crippen LogP contribution in [0.25, 0.3) is 22.3 Å². The zero-order chi connectivity index (χ0) is 15.1. The molecule has 22 heavy (non-hydrogen) atoms. The van der Waals surface area contributed by atoms with E-state index in [0.29, 0.717) is 5.56 Å². The summed E-state index contributed by atoms with van der Waals surface area (Å²) in [4.78, 5) is 0. The Hall–Kier alpha value is -2.86. The number of aromatic hydroxyl groups is 5. The molecule has 3 aromatic rings. The summed E-state index contributed by atoms with van der Waals surface area (Å²) in [6.45, 7) is 0. The SMILES string of the molecule is Oc1ccc(-c2[o+]c3cc(O)c(O)c(O)c3cc2O)cc1.[Cl-]. The molecule has 0 saturated carbocycles. The number of rotatable bonds is 1. The average molecular weight is 323 g/mol. The highest BCUT2D eigenvalue weighted by Crippen LogP contribution is 2.44. The lowest BCUT2D eigenvalue weighted by molar-refractivity contribution is -0.00000913. The van der Waals surface area contributed by atoms with Crippen molar-refractivity contribution in [3.63, 3.8) is 0 Å². The van der Waals surface area contributed by atoms with Gasteiger partial charge in [0, 0.05) is 6.07 Å². The Morgan fingerprint density at radius 2 is 1.36 bits per heavy atom. The highest BCUT2D eigenvalue weighted by atomic mass is 35.5. The van der Waals surface area contributed by atoms with Gasteiger partial charge in [0.25, 0.3) is 0 Å². The number of hydrogen-bond donors (Lipinski definition) is 5. The quantitative estimate of drug-likeness (QED) is 0.316. The second-order valence-electron chi connectivity index (χ2n) is 4.51. The zero-order valence-electron chi connectivity index (χ0n) is 11.0. The van der Waals surface area contributed by atoms with Gasteiger partial charge in [0.1, 0.15) is 11.1 Å². The first-order valence-electron chi connectivity index (χ1n) is 6.00. The van der Waals surface area contributed by atoms with Gasteiger partial charge >= 0.3 is 11.3 Å². The largest absolute Gasteiger partial charge is 1.00 e. The van der Waals surface area contributed by atoms with Gasteiger partial charge in [-0.2, -0.15) is 0 Å². The van der Waals surface area contributed by atoms with Crippen molar-refractivity contribution in [2.45, 2.75) is 0 Å². The topological polar surface area (TPSA) is 112 Å². The van der Waals surface area contributed by atoms with E-state index in [9.17, 15) is 25.5 Å². The number of halogens is 1. The molecule has 1 heterocycles. The van der Waals surface area contributed by atoms with Crippen LogP contribution in [-0.4, -0.2) is 25.5 Å². The van der Waals surface area contributed by atoms with Crippen LogP contribution < -0.4 is 12.4 Å². The second kappa shape index (κ2) is 5.50. The summed E-state index contributed by atoms with van der Waals surface area (Å²) in [7, 11) is 0. The van der Waals surface area contributed by atoms with E-state index < -0.39 is 17.2 Å². The minimum atomic E-state index is -0.686. The molecule has 5 N–H and O–H groups in total. The molecule has 0 aliphatic carbocycles. The van der Waals surface area contributed by atoms with Gasteiger partial charge in [-0.3, -0.25) is 0 Å². The van der Waals surface area contributed by atoms with E-state index in [-0.39, 0.29) is 40.6 Å². The molecule has 0 spiro atoms. The predicted octanol–water partition coefficient (Wildman–Crippen LogP) is -0.0871. The van der Waals surface area contributed by atoms with Crippen LogP contribution in [-0.2, 0) is 0 Å². The van der Waals surface area contributed by atoms with Crippen molar-refractivity contribution in [3.8, 4) is 40.1 Å². The van der Waals surface area contributed by atoms with E-state index in [1.165, 1.54) is 18.2 Å². The van der Waals surface area contributed by atoms with E-state index in [1.807, 2.05) is 0 Å². The normalized spacial score (nSPS) is 10.4. The van der Waals surface area contributed by atoms with E-state index in [4.69, 9.17) is 4.42 Å². The van der Waals surface area contributed by atoms with Crippen molar-refractivity contribution in [2.24, 2.45) is 0 Å². The first kappa shape index (κ1) is 15.5. The van der Waals surface area contributed by atoms with E-state index >= 15 is 0 Å². The second-order valence-corrected chi connectivity index (χ2v) is 4.51. The highest BCUT2D eigenvalue weighted by molar-refractivity contribution is 5.91. The molecule has 0 aliphatic rings. The fraction of sp³-hybridized carbons (Fsp3) is 0. The third-order valence-corrected chi connectivity index (χ3v) is 3.11. The van der Waals surface area contributed by atoms with Crippen molar-refractivity contribution in [3.05, 3.63) is 36.4 Å². The van der Waals surface area contributed by atoms with Crippen LogP contribution in [0.5, 0.6) is 28.7 Å². The number of fused-ring (bicyclic) bond motifs is 1. The molecule has 0 unspecified atom stereocenters. The van der Waals surface area contributed by atoms with Gasteiger partial charge in [0.15, 0.2) is 11.5 Å². The molecule has 0 fully saturated rings. The van der Waals surface area contributed by atoms with Crippen molar-refractivity contribution >= 4 is 11.0 Å². The monoisotopic (exact) mass is 322 g/mol. The van der Waals surface area contributed by atoms with Crippen LogP contribution in [0, 0.1) is 0 Å². The first-order chi connectivity index (χ1) is 9.97. The third kappa shape index (κ3) is 2.40. The maximum Gasteiger partial charge on any atom is 0.401 e. The summed E-state index contributed by atoms with van der Waals surface area (Å²) in [5.41, 5.74) is 0.586. The molecule has 7 heteroatoms. The van der Waals surface area contributed by atoms with Gasteiger partial charge < -0.3 is 37.9 Å². The molecule has 1 aromatic heterocycles. The minimum absolute atomic E-state index is 0. The summed E-state index contributed by atoms with van der Waals surface area (Å²) in [5, 5.41) is 48.0. The summed E-state index contributed by atoms with van der Waals surface area (Å²) >= 11 is 0. The summed E-state index contributed by atoms with van der Waals surface area (Å²) < 4.78 is 5.47. The van der Waals surface area contributed by atoms with Crippen LogP contribution in [0.3, 0.4) is 0 Å². The van der Waals surface area contributed by atoms with Crippen LogP contribution in [0.1, 0.15) is 0 Å².